The molecule has 1 rings (SSSR count). The van der Waals surface area contributed by atoms with Crippen molar-refractivity contribution in [1.29, 1.82) is 5.26 Å². The number of nitrogen functional groups attached to an aromatic ring is 1. The molecule has 0 saturated heterocycles. The summed E-state index contributed by atoms with van der Waals surface area (Å²) >= 11 is 3.24. The van der Waals surface area contributed by atoms with E-state index in [2.05, 4.69) is 22.0 Å². The Morgan fingerprint density at radius 1 is 1.55 bits per heavy atom. The summed E-state index contributed by atoms with van der Waals surface area (Å²) in [5.41, 5.74) is 7.82. The molecule has 0 unspecified atom stereocenters. The minimum Gasteiger partial charge on any atom is -0.398 e. The molecule has 0 atom stereocenters. The number of nitrogens with two attached hydrogens (primary N) is 1. The first-order valence-corrected chi connectivity index (χ1v) is 3.90. The van der Waals surface area contributed by atoms with Gasteiger partial charge >= 0.3 is 0 Å². The van der Waals surface area contributed by atoms with Crippen LogP contribution in [0, 0.1) is 18.3 Å². The first kappa shape index (κ1) is 8.09. The van der Waals surface area contributed by atoms with E-state index < -0.39 is 0 Å². The number of benzene rings is 1. The van der Waals surface area contributed by atoms with Gasteiger partial charge in [0.05, 0.1) is 11.6 Å². The number of rotatable bonds is 0. The maximum atomic E-state index is 8.62. The van der Waals surface area contributed by atoms with Crippen molar-refractivity contribution in [3.8, 4) is 6.07 Å². The predicted molar refractivity (Wildman–Crippen MR) is 48.0 cm³/mol. The molecule has 0 aliphatic rings. The van der Waals surface area contributed by atoms with Gasteiger partial charge in [0.25, 0.3) is 0 Å². The van der Waals surface area contributed by atoms with Crippen LogP contribution in [-0.2, 0) is 0 Å². The van der Waals surface area contributed by atoms with Gasteiger partial charge in [-0.25, -0.2) is 0 Å². The van der Waals surface area contributed by atoms with Gasteiger partial charge in [-0.3, -0.25) is 0 Å². The van der Waals surface area contributed by atoms with Gasteiger partial charge in [-0.05, 0) is 40.5 Å². The highest BCUT2D eigenvalue weighted by Crippen LogP contribution is 2.22. The zero-order valence-corrected chi connectivity index (χ0v) is 7.64. The number of halogens is 1. The van der Waals surface area contributed by atoms with Crippen LogP contribution in [0.3, 0.4) is 0 Å². The van der Waals surface area contributed by atoms with Gasteiger partial charge in [0, 0.05) is 10.2 Å². The molecule has 0 aliphatic carbocycles. The Hall–Kier alpha value is -1.01. The molecule has 3 heteroatoms. The van der Waals surface area contributed by atoms with Crippen molar-refractivity contribution in [2.24, 2.45) is 0 Å². The van der Waals surface area contributed by atoms with Crippen LogP contribution in [0.25, 0.3) is 0 Å². The van der Waals surface area contributed by atoms with Crippen LogP contribution in [0.2, 0.25) is 0 Å². The number of anilines is 1. The Balaban J connectivity index is 3.35. The fourth-order valence-corrected chi connectivity index (χ4v) is 1.17. The minimum atomic E-state index is 0.658. The van der Waals surface area contributed by atoms with Gasteiger partial charge in [-0.15, -0.1) is 0 Å². The monoisotopic (exact) mass is 210 g/mol. The predicted octanol–water partition coefficient (Wildman–Crippen LogP) is 2.21. The van der Waals surface area contributed by atoms with Crippen molar-refractivity contribution >= 4 is 21.6 Å². The maximum Gasteiger partial charge on any atom is 0.0994 e. The number of hydrogen-bond donors (Lipinski definition) is 1. The van der Waals surface area contributed by atoms with Crippen LogP contribution in [0.15, 0.2) is 16.6 Å². The maximum absolute atomic E-state index is 8.62. The second-order valence-electron chi connectivity index (χ2n) is 2.30. The van der Waals surface area contributed by atoms with E-state index in [1.54, 1.807) is 12.1 Å². The summed E-state index contributed by atoms with van der Waals surface area (Å²) in [5, 5.41) is 8.62. The van der Waals surface area contributed by atoms with E-state index in [0.29, 0.717) is 11.3 Å². The van der Waals surface area contributed by atoms with Crippen molar-refractivity contribution in [3.63, 3.8) is 0 Å². The average molecular weight is 211 g/mol. The normalized spacial score (nSPS) is 9.18. The van der Waals surface area contributed by atoms with Crippen molar-refractivity contribution < 1.29 is 0 Å². The van der Waals surface area contributed by atoms with Gasteiger partial charge in [-0.1, -0.05) is 0 Å². The van der Waals surface area contributed by atoms with Crippen LogP contribution in [0.5, 0.6) is 0 Å². The Bertz CT molecular complexity index is 326. The molecule has 0 heterocycles. The molecule has 0 spiro atoms. The van der Waals surface area contributed by atoms with E-state index in [0.717, 1.165) is 10.0 Å². The largest absolute Gasteiger partial charge is 0.398 e. The van der Waals surface area contributed by atoms with Gasteiger partial charge in [0.2, 0.25) is 0 Å². The summed E-state index contributed by atoms with van der Waals surface area (Å²) in [4.78, 5) is 0. The topological polar surface area (TPSA) is 49.8 Å². The molecular weight excluding hydrogens is 204 g/mol. The molecule has 0 aliphatic heterocycles. The molecular formula is C8H7BrN2. The molecule has 1 aromatic carbocycles. The molecule has 0 fully saturated rings. The molecule has 0 bridgehead atoms. The highest BCUT2D eigenvalue weighted by Gasteiger charge is 2.00. The van der Waals surface area contributed by atoms with E-state index >= 15 is 0 Å². The lowest BCUT2D eigenvalue weighted by molar-refractivity contribution is 1.38. The molecule has 0 aromatic heterocycles. The van der Waals surface area contributed by atoms with Crippen LogP contribution in [-0.4, -0.2) is 0 Å². The van der Waals surface area contributed by atoms with Crippen LogP contribution >= 0.6 is 15.9 Å². The zero-order valence-electron chi connectivity index (χ0n) is 6.06. The highest BCUT2D eigenvalue weighted by atomic mass is 79.9. The lowest BCUT2D eigenvalue weighted by atomic mass is 10.1. The second kappa shape index (κ2) is 2.93. The SMILES string of the molecule is Cc1cc(N)c(Br)cc1C#N. The van der Waals surface area contributed by atoms with Crippen LogP contribution in [0.1, 0.15) is 11.1 Å². The van der Waals surface area contributed by atoms with Crippen molar-refractivity contribution in [3.05, 3.63) is 27.7 Å². The third kappa shape index (κ3) is 1.52. The fourth-order valence-electron chi connectivity index (χ4n) is 0.824. The van der Waals surface area contributed by atoms with Gasteiger partial charge < -0.3 is 5.73 Å². The fraction of sp³-hybridized carbons (Fsp3) is 0.125. The number of aryl methyl sites for hydroxylation is 1. The smallest absolute Gasteiger partial charge is 0.0994 e. The molecule has 2 N–H and O–H groups in total. The van der Waals surface area contributed by atoms with E-state index in [1.165, 1.54) is 0 Å². The molecule has 56 valence electrons. The molecule has 2 nitrogen and oxygen atoms in total. The Morgan fingerprint density at radius 3 is 2.73 bits per heavy atom. The average Bonchev–Trinajstić information content (AvgIpc) is 1.97. The summed E-state index contributed by atoms with van der Waals surface area (Å²) in [7, 11) is 0. The Kier molecular flexibility index (Phi) is 2.16. The van der Waals surface area contributed by atoms with Crippen molar-refractivity contribution in [1.82, 2.24) is 0 Å². The van der Waals surface area contributed by atoms with Gasteiger partial charge in [-0.2, -0.15) is 5.26 Å². The third-order valence-corrected chi connectivity index (χ3v) is 2.15. The molecule has 0 radical (unpaired) electrons. The Morgan fingerprint density at radius 2 is 2.18 bits per heavy atom. The van der Waals surface area contributed by atoms with Crippen molar-refractivity contribution in [2.45, 2.75) is 6.92 Å². The lowest BCUT2D eigenvalue weighted by Gasteiger charge is -2.00. The first-order valence-electron chi connectivity index (χ1n) is 3.11. The lowest BCUT2D eigenvalue weighted by Crippen LogP contribution is -1.90. The summed E-state index contributed by atoms with van der Waals surface area (Å²) in [6.07, 6.45) is 0. The quantitative estimate of drug-likeness (QED) is 0.668. The molecule has 1 aromatic rings. The first-order chi connectivity index (χ1) is 5.15. The van der Waals surface area contributed by atoms with E-state index in [-0.39, 0.29) is 0 Å². The van der Waals surface area contributed by atoms with E-state index in [4.69, 9.17) is 11.0 Å². The number of hydrogen-bond acceptors (Lipinski definition) is 2. The molecule has 0 saturated carbocycles. The second-order valence-corrected chi connectivity index (χ2v) is 3.15. The summed E-state index contributed by atoms with van der Waals surface area (Å²) in [6.45, 7) is 1.86. The number of nitriles is 1. The van der Waals surface area contributed by atoms with Gasteiger partial charge in [0.15, 0.2) is 0 Å². The summed E-state index contributed by atoms with van der Waals surface area (Å²) in [5.74, 6) is 0. The van der Waals surface area contributed by atoms with E-state index in [9.17, 15) is 0 Å². The molecule has 0 amide bonds. The van der Waals surface area contributed by atoms with Crippen LogP contribution in [0.4, 0.5) is 5.69 Å². The summed E-state index contributed by atoms with van der Waals surface area (Å²) in [6, 6.07) is 5.58. The third-order valence-electron chi connectivity index (χ3n) is 1.46. The highest BCUT2D eigenvalue weighted by molar-refractivity contribution is 9.10. The number of nitrogens with zero attached hydrogens (tertiary/aromatic N) is 1. The van der Waals surface area contributed by atoms with Crippen LogP contribution < -0.4 is 5.73 Å². The molecule has 11 heavy (non-hydrogen) atoms. The summed E-state index contributed by atoms with van der Waals surface area (Å²) < 4.78 is 0.777. The zero-order chi connectivity index (χ0) is 8.43. The Labute approximate surface area is 73.8 Å². The standard InChI is InChI=1S/C8H7BrN2/c1-5-2-8(11)7(9)3-6(5)4-10/h2-3H,11H2,1H3. The minimum absolute atomic E-state index is 0.658. The van der Waals surface area contributed by atoms with Gasteiger partial charge in [0.1, 0.15) is 0 Å². The van der Waals surface area contributed by atoms with E-state index in [1.807, 2.05) is 6.92 Å². The van der Waals surface area contributed by atoms with Crippen molar-refractivity contribution in [2.75, 3.05) is 5.73 Å².